The number of sulfonamides is 1. The van der Waals surface area contributed by atoms with Crippen molar-refractivity contribution in [2.45, 2.75) is 51.1 Å². The largest absolute Gasteiger partial charge is 0.383 e. The number of hydrazone groups is 1. The summed E-state index contributed by atoms with van der Waals surface area (Å²) in [6.07, 6.45) is 1.81. The molecule has 44 heavy (non-hydrogen) atoms. The van der Waals surface area contributed by atoms with Gasteiger partial charge in [-0.2, -0.15) is 13.5 Å². The lowest BCUT2D eigenvalue weighted by Gasteiger charge is -2.19. The van der Waals surface area contributed by atoms with Crippen LogP contribution in [0.3, 0.4) is 0 Å². The van der Waals surface area contributed by atoms with Gasteiger partial charge in [-0.3, -0.25) is 0 Å². The van der Waals surface area contributed by atoms with Crippen LogP contribution in [-0.2, 0) is 16.4 Å². The van der Waals surface area contributed by atoms with Crippen molar-refractivity contribution in [2.75, 3.05) is 0 Å². The van der Waals surface area contributed by atoms with E-state index < -0.39 is 22.1 Å². The zero-order valence-electron chi connectivity index (χ0n) is 25.3. The van der Waals surface area contributed by atoms with Gasteiger partial charge < -0.3 is 16.8 Å². The molecule has 0 bridgehead atoms. The number of hydrogen-bond donors (Lipinski definition) is 4. The summed E-state index contributed by atoms with van der Waals surface area (Å²) < 4.78 is 30.4. The third-order valence-corrected chi connectivity index (χ3v) is 9.01. The van der Waals surface area contributed by atoms with Crippen molar-refractivity contribution in [2.24, 2.45) is 21.0 Å². The maximum Gasteiger partial charge on any atom is 0.335 e. The number of carbonyl (C=O) groups is 1. The zero-order valence-corrected chi connectivity index (χ0v) is 26.1. The van der Waals surface area contributed by atoms with Crippen molar-refractivity contribution < 1.29 is 13.2 Å². The molecule has 0 spiro atoms. The number of benzene rings is 4. The van der Waals surface area contributed by atoms with Gasteiger partial charge in [0.1, 0.15) is 5.84 Å². The summed E-state index contributed by atoms with van der Waals surface area (Å²) in [5.41, 5.74) is 21.3. The van der Waals surface area contributed by atoms with Crippen LogP contribution in [0.4, 0.5) is 4.79 Å². The van der Waals surface area contributed by atoms with Crippen molar-refractivity contribution in [1.82, 2.24) is 10.7 Å². The first kappa shape index (κ1) is 32.1. The lowest BCUT2D eigenvalue weighted by molar-refractivity contribution is 0.239. The molecule has 0 saturated heterocycles. The van der Waals surface area contributed by atoms with E-state index >= 15 is 0 Å². The van der Waals surface area contributed by atoms with Gasteiger partial charge in [0.05, 0.1) is 10.9 Å². The minimum Gasteiger partial charge on any atom is -0.383 e. The summed E-state index contributed by atoms with van der Waals surface area (Å²) in [7, 11) is -4.04. The van der Waals surface area contributed by atoms with E-state index in [4.69, 9.17) is 11.5 Å². The van der Waals surface area contributed by atoms with Crippen molar-refractivity contribution >= 4 is 28.1 Å². The van der Waals surface area contributed by atoms with Gasteiger partial charge in [0.2, 0.25) is 0 Å². The molecule has 0 fully saturated rings. The van der Waals surface area contributed by atoms with E-state index in [2.05, 4.69) is 20.2 Å². The highest BCUT2D eigenvalue weighted by Gasteiger charge is 2.22. The highest BCUT2D eigenvalue weighted by atomic mass is 32.2. The zero-order chi connectivity index (χ0) is 31.9. The first-order chi connectivity index (χ1) is 21.0. The molecule has 9 nitrogen and oxygen atoms in total. The van der Waals surface area contributed by atoms with Crippen molar-refractivity contribution in [1.29, 1.82) is 0 Å². The monoisotopic (exact) mass is 610 g/mol. The van der Waals surface area contributed by atoms with E-state index in [1.807, 2.05) is 86.6 Å². The summed E-state index contributed by atoms with van der Waals surface area (Å²) in [6.45, 7) is 7.37. The molecule has 4 aromatic rings. The predicted octanol–water partition coefficient (Wildman–Crippen LogP) is 4.96. The molecule has 1 unspecified atom stereocenters. The van der Waals surface area contributed by atoms with E-state index in [1.165, 1.54) is 6.21 Å². The topological polar surface area (TPSA) is 152 Å². The Labute approximate surface area is 259 Å². The van der Waals surface area contributed by atoms with Crippen LogP contribution < -0.4 is 22.2 Å². The normalized spacial score (nSPS) is 12.8. The molecule has 0 heterocycles. The number of nitrogens with one attached hydrogen (secondary N) is 2. The highest BCUT2D eigenvalue weighted by Crippen LogP contribution is 2.27. The van der Waals surface area contributed by atoms with Crippen LogP contribution in [0.15, 0.2) is 105 Å². The predicted molar refractivity (Wildman–Crippen MR) is 176 cm³/mol. The smallest absolute Gasteiger partial charge is 0.335 e. The standard InChI is InChI=1S/C34H38N6O3S/c1-22-18-23(2)32(25(4)24(22)3)44(42,43)40-33(36)29-17-11-12-26(19-29)20-30(35)21-37-39-34(41)38-31(27-13-7-5-8-14-27)28-15-9-6-10-16-28/h5-19,21,30-31H,20,35H2,1-4H3,(H2,36,40)(H2,38,39,41)/b37-21+. The van der Waals surface area contributed by atoms with Gasteiger partial charge in [0.25, 0.3) is 10.0 Å². The number of amides is 2. The van der Waals surface area contributed by atoms with Crippen molar-refractivity contribution in [3.63, 3.8) is 0 Å². The number of nitrogens with two attached hydrogens (primary N) is 2. The van der Waals surface area contributed by atoms with Gasteiger partial charge in [-0.15, -0.1) is 4.40 Å². The molecule has 0 aromatic heterocycles. The molecule has 4 rings (SSSR count). The molecule has 10 heteroatoms. The lowest BCUT2D eigenvalue weighted by Crippen LogP contribution is -2.36. The number of rotatable bonds is 10. The van der Waals surface area contributed by atoms with Crippen LogP contribution in [0, 0.1) is 27.7 Å². The third kappa shape index (κ3) is 7.97. The van der Waals surface area contributed by atoms with Gasteiger partial charge in [-0.1, -0.05) is 84.9 Å². The molecule has 2 amide bonds. The summed E-state index contributed by atoms with van der Waals surface area (Å²) in [5.74, 6) is -0.115. The van der Waals surface area contributed by atoms with Crippen molar-refractivity contribution in [3.05, 3.63) is 136 Å². The summed E-state index contributed by atoms with van der Waals surface area (Å²) in [4.78, 5) is 12.9. The number of urea groups is 1. The van der Waals surface area contributed by atoms with Crippen LogP contribution >= 0.6 is 0 Å². The molecule has 0 saturated carbocycles. The number of amidine groups is 1. The Morgan fingerprint density at radius 3 is 2.07 bits per heavy atom. The molecule has 1 atom stereocenters. The fraction of sp³-hybridized carbons (Fsp3) is 0.206. The Hall–Kier alpha value is -4.80. The van der Waals surface area contributed by atoms with Crippen LogP contribution in [0.2, 0.25) is 0 Å². The number of carbonyl (C=O) groups excluding carboxylic acids is 1. The van der Waals surface area contributed by atoms with Crippen LogP contribution in [0.5, 0.6) is 0 Å². The van der Waals surface area contributed by atoms with Gasteiger partial charge in [-0.25, -0.2) is 10.2 Å². The van der Waals surface area contributed by atoms with Gasteiger partial charge in [0, 0.05) is 17.8 Å². The average Bonchev–Trinajstić information content (AvgIpc) is 2.99. The van der Waals surface area contributed by atoms with Crippen LogP contribution in [0.25, 0.3) is 0 Å². The number of hydrogen-bond acceptors (Lipinski definition) is 5. The molecule has 6 N–H and O–H groups in total. The second-order valence-corrected chi connectivity index (χ2v) is 12.3. The van der Waals surface area contributed by atoms with Gasteiger partial charge in [-0.05, 0) is 79.1 Å². The van der Waals surface area contributed by atoms with Crippen LogP contribution in [0.1, 0.15) is 50.5 Å². The van der Waals surface area contributed by atoms with E-state index in [0.717, 1.165) is 27.8 Å². The number of nitrogens with zero attached hydrogens (tertiary/aromatic N) is 2. The molecular formula is C34H38N6O3S. The molecule has 0 aliphatic rings. The summed E-state index contributed by atoms with van der Waals surface area (Å²) in [5, 5.41) is 6.99. The Balaban J connectivity index is 1.41. The summed E-state index contributed by atoms with van der Waals surface area (Å²) in [6, 6.07) is 26.8. The Morgan fingerprint density at radius 1 is 0.841 bits per heavy atom. The van der Waals surface area contributed by atoms with Gasteiger partial charge in [0.15, 0.2) is 0 Å². The van der Waals surface area contributed by atoms with E-state index in [-0.39, 0.29) is 16.8 Å². The molecule has 228 valence electrons. The SMILES string of the molecule is Cc1cc(C)c(S(=O)(=O)/N=C(/N)c2cccc(CC(N)/C=N/NC(=O)NC(c3ccccc3)c3ccccc3)c2)c(C)c1C. The highest BCUT2D eigenvalue weighted by molar-refractivity contribution is 7.90. The second-order valence-electron chi connectivity index (χ2n) is 10.7. The summed E-state index contributed by atoms with van der Waals surface area (Å²) >= 11 is 0. The fourth-order valence-corrected chi connectivity index (χ4v) is 6.53. The van der Waals surface area contributed by atoms with E-state index in [1.54, 1.807) is 32.0 Å². The van der Waals surface area contributed by atoms with Crippen LogP contribution in [-0.4, -0.2) is 32.5 Å². The Morgan fingerprint density at radius 2 is 1.45 bits per heavy atom. The molecule has 4 aromatic carbocycles. The van der Waals surface area contributed by atoms with Crippen molar-refractivity contribution in [3.8, 4) is 0 Å². The Bertz CT molecular complexity index is 1750. The van der Waals surface area contributed by atoms with E-state index in [9.17, 15) is 13.2 Å². The molecular weight excluding hydrogens is 572 g/mol. The Kier molecular flexibility index (Phi) is 10.3. The minimum atomic E-state index is -4.04. The van der Waals surface area contributed by atoms with Gasteiger partial charge >= 0.3 is 6.03 Å². The molecule has 0 radical (unpaired) electrons. The van der Waals surface area contributed by atoms with E-state index in [0.29, 0.717) is 23.1 Å². The lowest BCUT2D eigenvalue weighted by atomic mass is 9.99. The molecule has 0 aliphatic carbocycles. The third-order valence-electron chi connectivity index (χ3n) is 7.43. The number of aryl methyl sites for hydroxylation is 2. The molecule has 0 aliphatic heterocycles. The first-order valence-electron chi connectivity index (χ1n) is 14.2. The minimum absolute atomic E-state index is 0.115. The maximum absolute atomic E-state index is 13.2. The fourth-order valence-electron chi connectivity index (χ4n) is 5.07. The quantitative estimate of drug-likeness (QED) is 0.114. The first-order valence-corrected chi connectivity index (χ1v) is 15.6. The second kappa shape index (κ2) is 14.1. The average molecular weight is 611 g/mol. The maximum atomic E-state index is 13.2.